The van der Waals surface area contributed by atoms with Crippen molar-refractivity contribution >= 4 is 8.58 Å². The number of benzene rings is 2. The van der Waals surface area contributed by atoms with Crippen LogP contribution >= 0.6 is 8.58 Å². The summed E-state index contributed by atoms with van der Waals surface area (Å²) in [6.07, 6.45) is -5.10. The molecule has 0 N–H and O–H groups in total. The maximum atomic E-state index is 13.4. The normalized spacial score (nSPS) is 12.4. The van der Waals surface area contributed by atoms with E-state index in [1.54, 1.807) is 6.92 Å². The van der Waals surface area contributed by atoms with Crippen molar-refractivity contribution < 1.29 is 65.9 Å². The predicted molar refractivity (Wildman–Crippen MR) is 85.9 cm³/mol. The Morgan fingerprint density at radius 3 is 0.939 bits per heavy atom. The van der Waals surface area contributed by atoms with Gasteiger partial charge < -0.3 is 0 Å². The van der Waals surface area contributed by atoms with E-state index in [-0.39, 0.29) is 6.16 Å². The molecule has 0 spiro atoms. The highest BCUT2D eigenvalue weighted by atomic mass is 31.1. The van der Waals surface area contributed by atoms with Gasteiger partial charge in [-0.1, -0.05) is 13.3 Å². The lowest BCUT2D eigenvalue weighted by Gasteiger charge is -2.18. The summed E-state index contributed by atoms with van der Waals surface area (Å²) in [6, 6.07) is 0. The lowest BCUT2D eigenvalue weighted by molar-refractivity contribution is -0.239. The summed E-state index contributed by atoms with van der Waals surface area (Å²) in [5.74, 6) is -26.6. The molecule has 0 fully saturated rings. The molecule has 33 heavy (non-hydrogen) atoms. The Labute approximate surface area is 176 Å². The Kier molecular flexibility index (Phi) is 9.09. The molecule has 16 heteroatoms. The Morgan fingerprint density at radius 1 is 0.485 bits per heavy atom. The minimum absolute atomic E-state index is 0.0769. The summed E-state index contributed by atoms with van der Waals surface area (Å²) in [4.78, 5) is 0. The van der Waals surface area contributed by atoms with Gasteiger partial charge in [0.2, 0.25) is 11.6 Å². The zero-order valence-electron chi connectivity index (χ0n) is 15.6. The van der Waals surface area contributed by atoms with Gasteiger partial charge in [0.15, 0.2) is 46.5 Å². The molecule has 0 bridgehead atoms. The molecule has 0 radical (unpaired) electrons. The van der Waals surface area contributed by atoms with E-state index in [2.05, 4.69) is 0 Å². The van der Waals surface area contributed by atoms with Gasteiger partial charge in [-0.3, -0.25) is 0 Å². The fourth-order valence-electron chi connectivity index (χ4n) is 2.03. The molecule has 0 nitrogen and oxygen atoms in total. The summed E-state index contributed by atoms with van der Waals surface area (Å²) >= 11 is 0. The SMILES string of the molecule is CCCPC(F)(F)C(F)(F)F.Fc1c(F)c(F)c(-c2c(F)c(F)c(F)c(F)c2F)c(F)c1F. The van der Waals surface area contributed by atoms with Crippen LogP contribution in [0.3, 0.4) is 0 Å². The van der Waals surface area contributed by atoms with Crippen LogP contribution < -0.4 is 0 Å². The second-order valence-electron chi connectivity index (χ2n) is 5.89. The maximum absolute atomic E-state index is 13.4. The number of hydrogen-bond donors (Lipinski definition) is 0. The molecule has 0 amide bonds. The third kappa shape index (κ3) is 5.67. The fraction of sp³-hybridized carbons (Fsp3) is 0.294. The Balaban J connectivity index is 0.000000420. The van der Waals surface area contributed by atoms with E-state index in [9.17, 15) is 65.9 Å². The standard InChI is InChI=1S/C12F10.C5H8F5P/c13-3-1(4(14)8(18)11(21)7(3)17)2-5(15)9(19)12(22)10(20)6(2)16;1-2-3-11-5(9,10)4(6,7)8/h;11H,2-3H2,1H3. The van der Waals surface area contributed by atoms with Crippen molar-refractivity contribution in [3.63, 3.8) is 0 Å². The quantitative estimate of drug-likeness (QED) is 0.164. The summed E-state index contributed by atoms with van der Waals surface area (Å²) in [5.41, 5.74) is -9.00. The van der Waals surface area contributed by atoms with Crippen molar-refractivity contribution in [2.75, 3.05) is 6.16 Å². The van der Waals surface area contributed by atoms with Gasteiger partial charge in [-0.15, -0.1) is 0 Å². The molecule has 0 saturated heterocycles. The van der Waals surface area contributed by atoms with Crippen LogP contribution in [-0.4, -0.2) is 18.0 Å². The molecule has 0 saturated carbocycles. The molecular formula is C17H8F15P. The van der Waals surface area contributed by atoms with Crippen molar-refractivity contribution in [1.29, 1.82) is 0 Å². The van der Waals surface area contributed by atoms with Crippen LogP contribution in [0.1, 0.15) is 13.3 Å². The van der Waals surface area contributed by atoms with Crippen LogP contribution in [0.15, 0.2) is 0 Å². The minimum Gasteiger partial charge on any atom is -0.203 e. The highest BCUT2D eigenvalue weighted by Gasteiger charge is 2.56. The van der Waals surface area contributed by atoms with E-state index < -0.39 is 89.7 Å². The smallest absolute Gasteiger partial charge is 0.203 e. The van der Waals surface area contributed by atoms with Crippen LogP contribution in [-0.2, 0) is 0 Å². The van der Waals surface area contributed by atoms with Crippen molar-refractivity contribution in [3.8, 4) is 11.1 Å². The highest BCUT2D eigenvalue weighted by Crippen LogP contribution is 2.48. The van der Waals surface area contributed by atoms with Crippen LogP contribution in [0.4, 0.5) is 65.9 Å². The molecule has 2 aromatic rings. The Morgan fingerprint density at radius 2 is 0.727 bits per heavy atom. The lowest BCUT2D eigenvalue weighted by atomic mass is 10.0. The van der Waals surface area contributed by atoms with Crippen LogP contribution in [0.5, 0.6) is 0 Å². The first kappa shape index (κ1) is 28.9. The molecule has 0 aliphatic carbocycles. The number of halogens is 15. The van der Waals surface area contributed by atoms with E-state index in [1.165, 1.54) is 0 Å². The van der Waals surface area contributed by atoms with Crippen LogP contribution in [0.2, 0.25) is 0 Å². The fourth-order valence-corrected chi connectivity index (χ4v) is 2.80. The van der Waals surface area contributed by atoms with Crippen molar-refractivity contribution in [3.05, 3.63) is 58.2 Å². The van der Waals surface area contributed by atoms with Gasteiger partial charge in [0, 0.05) is 0 Å². The van der Waals surface area contributed by atoms with E-state index in [0.717, 1.165) is 0 Å². The third-order valence-electron chi connectivity index (χ3n) is 3.62. The molecule has 1 unspecified atom stereocenters. The summed E-state index contributed by atoms with van der Waals surface area (Å²) < 4.78 is 189. The minimum atomic E-state index is -5.37. The zero-order chi connectivity index (χ0) is 26.0. The lowest BCUT2D eigenvalue weighted by Crippen LogP contribution is -2.31. The van der Waals surface area contributed by atoms with Gasteiger partial charge in [0.1, 0.15) is 0 Å². The second-order valence-corrected chi connectivity index (χ2v) is 7.37. The van der Waals surface area contributed by atoms with Gasteiger partial charge in [0.05, 0.1) is 11.1 Å². The average molecular weight is 528 g/mol. The van der Waals surface area contributed by atoms with Gasteiger partial charge in [0.25, 0.3) is 0 Å². The highest BCUT2D eigenvalue weighted by molar-refractivity contribution is 7.39. The summed E-state index contributed by atoms with van der Waals surface area (Å²) in [6.45, 7) is 1.57. The molecular weight excluding hydrogens is 520 g/mol. The predicted octanol–water partition coefficient (Wildman–Crippen LogP) is 7.97. The molecule has 2 rings (SSSR count). The number of rotatable bonds is 4. The largest absolute Gasteiger partial charge is 0.457 e. The monoisotopic (exact) mass is 528 g/mol. The van der Waals surface area contributed by atoms with E-state index in [4.69, 9.17) is 0 Å². The maximum Gasteiger partial charge on any atom is 0.457 e. The Bertz CT molecular complexity index is 903. The van der Waals surface area contributed by atoms with Crippen LogP contribution in [0.25, 0.3) is 11.1 Å². The first-order valence-electron chi connectivity index (χ1n) is 8.15. The van der Waals surface area contributed by atoms with E-state index >= 15 is 0 Å². The van der Waals surface area contributed by atoms with Crippen molar-refractivity contribution in [2.24, 2.45) is 0 Å². The number of alkyl halides is 5. The first-order chi connectivity index (χ1) is 14.9. The second kappa shape index (κ2) is 10.4. The third-order valence-corrected chi connectivity index (χ3v) is 5.10. The van der Waals surface area contributed by atoms with E-state index in [0.29, 0.717) is 6.42 Å². The van der Waals surface area contributed by atoms with Crippen molar-refractivity contribution in [1.82, 2.24) is 0 Å². The van der Waals surface area contributed by atoms with Gasteiger partial charge in [-0.05, 0) is 14.7 Å². The summed E-state index contributed by atoms with van der Waals surface area (Å²) in [5, 5.41) is 0. The van der Waals surface area contributed by atoms with Gasteiger partial charge in [-0.2, -0.15) is 22.0 Å². The number of hydrogen-bond acceptors (Lipinski definition) is 0. The van der Waals surface area contributed by atoms with Crippen LogP contribution in [0, 0.1) is 58.2 Å². The summed E-state index contributed by atoms with van der Waals surface area (Å²) in [7, 11) is -1.35. The first-order valence-corrected chi connectivity index (χ1v) is 9.35. The molecule has 0 aliphatic rings. The molecule has 0 aliphatic heterocycles. The Hall–Kier alpha value is -2.18. The van der Waals surface area contributed by atoms with Gasteiger partial charge >= 0.3 is 11.8 Å². The molecule has 1 atom stereocenters. The average Bonchev–Trinajstić information content (AvgIpc) is 2.74. The molecule has 0 heterocycles. The van der Waals surface area contributed by atoms with Gasteiger partial charge in [-0.25, -0.2) is 43.9 Å². The molecule has 0 aromatic heterocycles. The van der Waals surface area contributed by atoms with Crippen molar-refractivity contribution in [2.45, 2.75) is 25.2 Å². The molecule has 186 valence electrons. The molecule has 2 aromatic carbocycles. The van der Waals surface area contributed by atoms with E-state index in [1.807, 2.05) is 0 Å². The topological polar surface area (TPSA) is 0 Å². The zero-order valence-corrected chi connectivity index (χ0v) is 16.6.